The second kappa shape index (κ2) is 41.7. The van der Waals surface area contributed by atoms with Crippen LogP contribution in [0.25, 0.3) is 10.9 Å². The summed E-state index contributed by atoms with van der Waals surface area (Å²) in [5, 5.41) is 83.0. The lowest BCUT2D eigenvalue weighted by Crippen LogP contribution is -2.63. The number of para-hydroxylation sites is 1. The third kappa shape index (κ3) is 26.0. The molecule has 6 aromatic rings. The Labute approximate surface area is 621 Å². The van der Waals surface area contributed by atoms with Gasteiger partial charge in [0.15, 0.2) is 0 Å². The number of hydrogen-bond acceptors (Lipinski definition) is 20. The van der Waals surface area contributed by atoms with Crippen molar-refractivity contribution >= 4 is 97.5 Å². The van der Waals surface area contributed by atoms with Crippen LogP contribution < -0.4 is 70.0 Å². The molecule has 2 heterocycles. The first-order valence-electron chi connectivity index (χ1n) is 34.9. The highest BCUT2D eigenvalue weighted by atomic mass is 33.1. The molecule has 570 valence electrons. The van der Waals surface area contributed by atoms with Crippen LogP contribution in [0, 0.1) is 0 Å². The largest absolute Gasteiger partial charge is 0.508 e. The number of aromatic nitrogens is 1. The molecular weight excluding hydrogens is 1410 g/mol. The number of carbonyl (C=O) groups excluding carboxylic acids is 10. The molecule has 21 N–H and O–H groups in total. The van der Waals surface area contributed by atoms with Crippen molar-refractivity contribution in [3.8, 4) is 5.75 Å². The average molecular weight is 1500 g/mol. The highest BCUT2D eigenvalue weighted by Crippen LogP contribution is 2.24. The van der Waals surface area contributed by atoms with Crippen molar-refractivity contribution in [2.45, 2.75) is 170 Å². The Morgan fingerprint density at radius 3 is 1.34 bits per heavy atom. The maximum atomic E-state index is 15.5. The lowest BCUT2D eigenvalue weighted by Gasteiger charge is -2.29. The number of fused-ring (bicyclic) bond motifs is 1. The number of aliphatic hydroxyl groups is 3. The second-order valence-electron chi connectivity index (χ2n) is 26.3. The summed E-state index contributed by atoms with van der Waals surface area (Å²) in [5.41, 5.74) is 16.3. The molecule has 0 unspecified atom stereocenters. The van der Waals surface area contributed by atoms with Crippen molar-refractivity contribution in [2.75, 3.05) is 24.7 Å². The van der Waals surface area contributed by atoms with Crippen LogP contribution in [0.15, 0.2) is 140 Å². The number of hydrogen-bond donors (Lipinski definition) is 19. The predicted octanol–water partition coefficient (Wildman–Crippen LogP) is -0.577. The van der Waals surface area contributed by atoms with Crippen molar-refractivity contribution in [3.05, 3.63) is 173 Å². The van der Waals surface area contributed by atoms with Gasteiger partial charge in [-0.3, -0.25) is 47.9 Å². The number of aliphatic hydroxyl groups excluding tert-OH is 3. The fourth-order valence-electron chi connectivity index (χ4n) is 11.4. The number of amides is 10. The molecule has 0 bridgehead atoms. The number of aromatic amines is 1. The van der Waals surface area contributed by atoms with E-state index in [1.807, 2.05) is 26.0 Å². The Hall–Kier alpha value is -9.93. The third-order valence-electron chi connectivity index (χ3n) is 17.4. The molecule has 0 aliphatic carbocycles. The molecule has 13 atom stereocenters. The number of nitrogens with two attached hydrogens (primary N) is 2. The van der Waals surface area contributed by atoms with Crippen molar-refractivity contribution in [1.82, 2.24) is 63.5 Å². The maximum Gasteiger partial charge on any atom is 0.327 e. The number of phenols is 1. The summed E-state index contributed by atoms with van der Waals surface area (Å²) >= 11 is 0. The zero-order valence-corrected chi connectivity index (χ0v) is 60.9. The standard InChI is InChI=1S/C74H96N14O16S2/c1-41(2)77-36-48-24-22-46(23-25-48)33-57-69(98)87-62(42(3)90)72(101)84-58(34-47-26-28-50(92)29-27-47)70(99)88-63(43(4)91)73(102)85-60(38-89)71(100)86-61(74(103)104)40-106-105-39-52(76)64(93)79-54(21-13-14-30-75)65(94)80-55(31-44-15-7-5-8-16-44)66(95)81-56(32-45-17-9-6-10-18-45)67(96)83-59(68(97)82-57)35-49-37-78-53-20-12-11-19-51(49)53/h5-12,15-20,22-29,37,41-43,52,54-63,77-78,89-92H,13-14,21,30-36,38-40,75-76H2,1-4H3,(H,79,93)(H,80,94)(H,81,95)(H,82,97)(H,83,96)(H,84,101)(H,85,102)(H,86,100)(H,87,98)(H,88,99)(H,103,104)/t42-,43-,52+,54+,55+,56+,57+,58+,59+,60+,61+,62+,63+/m1/s1. The number of benzene rings is 5. The van der Waals surface area contributed by atoms with Gasteiger partial charge in [-0.2, -0.15) is 0 Å². The van der Waals surface area contributed by atoms with E-state index in [-0.39, 0.29) is 61.9 Å². The highest BCUT2D eigenvalue weighted by molar-refractivity contribution is 8.76. The Morgan fingerprint density at radius 1 is 0.472 bits per heavy atom. The van der Waals surface area contributed by atoms with E-state index in [9.17, 15) is 59.1 Å². The minimum atomic E-state index is -1.95. The summed E-state index contributed by atoms with van der Waals surface area (Å²) in [6, 6.07) is 19.1. The van der Waals surface area contributed by atoms with E-state index in [0.29, 0.717) is 58.1 Å². The number of rotatable bonds is 21. The van der Waals surface area contributed by atoms with Crippen LogP contribution in [0.2, 0.25) is 0 Å². The topological polar surface area (TPSA) is 489 Å². The fraction of sp³-hybridized carbons (Fsp3) is 0.419. The molecule has 0 saturated carbocycles. The van der Waals surface area contributed by atoms with Gasteiger partial charge in [-0.1, -0.05) is 151 Å². The molecule has 1 fully saturated rings. The van der Waals surface area contributed by atoms with Crippen molar-refractivity contribution in [3.63, 3.8) is 0 Å². The van der Waals surface area contributed by atoms with E-state index >= 15 is 19.2 Å². The van der Waals surface area contributed by atoms with Crippen molar-refractivity contribution in [2.24, 2.45) is 11.5 Å². The summed E-state index contributed by atoms with van der Waals surface area (Å²) in [4.78, 5) is 163. The van der Waals surface area contributed by atoms with Gasteiger partial charge in [0, 0.05) is 73.3 Å². The first-order chi connectivity index (χ1) is 50.7. The van der Waals surface area contributed by atoms with Crippen LogP contribution in [0.3, 0.4) is 0 Å². The first kappa shape index (κ1) is 83.3. The molecule has 1 saturated heterocycles. The van der Waals surface area contributed by atoms with Crippen LogP contribution in [-0.4, -0.2) is 205 Å². The van der Waals surface area contributed by atoms with Gasteiger partial charge in [-0.05, 0) is 91.2 Å². The zero-order chi connectivity index (χ0) is 77.0. The molecule has 5 aromatic carbocycles. The maximum absolute atomic E-state index is 15.5. The van der Waals surface area contributed by atoms with E-state index in [0.717, 1.165) is 34.1 Å². The minimum absolute atomic E-state index is 0.0234. The molecule has 32 heteroatoms. The molecular formula is C74H96N14O16S2. The van der Waals surface area contributed by atoms with Gasteiger partial charge in [0.2, 0.25) is 59.1 Å². The Bertz CT molecular complexity index is 3930. The van der Waals surface area contributed by atoms with Crippen LogP contribution in [-0.2, 0) is 91.4 Å². The molecule has 1 aliphatic heterocycles. The van der Waals surface area contributed by atoms with Gasteiger partial charge >= 0.3 is 5.97 Å². The number of phenolic OH excluding ortho intramolecular Hbond substituents is 1. The van der Waals surface area contributed by atoms with Crippen LogP contribution in [0.5, 0.6) is 5.75 Å². The van der Waals surface area contributed by atoms with Gasteiger partial charge in [0.25, 0.3) is 0 Å². The van der Waals surface area contributed by atoms with E-state index in [1.54, 1.807) is 103 Å². The molecule has 1 aliphatic rings. The smallest absolute Gasteiger partial charge is 0.327 e. The number of carboxylic acids is 1. The predicted molar refractivity (Wildman–Crippen MR) is 399 cm³/mol. The lowest BCUT2D eigenvalue weighted by atomic mass is 9.99. The summed E-state index contributed by atoms with van der Waals surface area (Å²) < 4.78 is 0. The van der Waals surface area contributed by atoms with Gasteiger partial charge < -0.3 is 100 Å². The number of aliphatic carboxylic acids is 1. The second-order valence-corrected chi connectivity index (χ2v) is 28.8. The third-order valence-corrected chi connectivity index (χ3v) is 19.9. The van der Waals surface area contributed by atoms with Gasteiger partial charge in [0.05, 0.1) is 24.9 Å². The van der Waals surface area contributed by atoms with E-state index in [4.69, 9.17) is 11.5 Å². The Balaban J connectivity index is 1.32. The van der Waals surface area contributed by atoms with Crippen molar-refractivity contribution < 1.29 is 78.3 Å². The first-order valence-corrected chi connectivity index (χ1v) is 37.3. The summed E-state index contributed by atoms with van der Waals surface area (Å²) in [6.45, 7) is 5.82. The summed E-state index contributed by atoms with van der Waals surface area (Å²) in [6.07, 6.45) is -2.28. The monoisotopic (exact) mass is 1500 g/mol. The number of H-pyrrole nitrogens is 1. The van der Waals surface area contributed by atoms with E-state index in [2.05, 4.69) is 63.5 Å². The molecule has 0 spiro atoms. The Morgan fingerprint density at radius 2 is 0.868 bits per heavy atom. The molecule has 0 radical (unpaired) electrons. The van der Waals surface area contributed by atoms with Crippen LogP contribution in [0.4, 0.5) is 0 Å². The zero-order valence-electron chi connectivity index (χ0n) is 59.3. The minimum Gasteiger partial charge on any atom is -0.508 e. The molecule has 106 heavy (non-hydrogen) atoms. The summed E-state index contributed by atoms with van der Waals surface area (Å²) in [7, 11) is 1.81. The fourth-order valence-corrected chi connectivity index (χ4v) is 13.7. The SMILES string of the molecule is CC(C)NCc1ccc(C[C@@H]2NC(=O)[C@H](Cc3c[nH]c4ccccc34)NC(=O)[C@H](Cc3ccccc3)NC(=O)[C@H](Cc3ccccc3)NC(=O)[C@H](CCCCN)NC(=O)[C@@H](N)CSSC[C@@H](C(=O)O)NC(=O)[C@H](CO)NC(=O)[C@H]([C@@H](C)O)NC(=O)[C@H](Cc3ccc(O)cc3)NC(=O)[C@H]([C@@H](C)O)NC2=O)cc1. The molecule has 30 nitrogen and oxygen atoms in total. The van der Waals surface area contributed by atoms with Gasteiger partial charge in [-0.15, -0.1) is 0 Å². The highest BCUT2D eigenvalue weighted by Gasteiger charge is 2.39. The number of aromatic hydroxyl groups is 1. The van der Waals surface area contributed by atoms with Crippen molar-refractivity contribution in [1.29, 1.82) is 0 Å². The number of nitrogens with one attached hydrogen (secondary N) is 12. The Kier molecular flexibility index (Phi) is 32.8. The average Bonchev–Trinajstić information content (AvgIpc) is 1.64. The lowest BCUT2D eigenvalue weighted by molar-refractivity contribution is -0.142. The molecule has 10 amide bonds. The number of carbonyl (C=O) groups is 11. The van der Waals surface area contributed by atoms with Crippen LogP contribution in [0.1, 0.15) is 80.3 Å². The van der Waals surface area contributed by atoms with Crippen LogP contribution >= 0.6 is 21.6 Å². The molecule has 1 aromatic heterocycles. The number of unbranched alkanes of at least 4 members (excludes halogenated alkanes) is 1. The van der Waals surface area contributed by atoms with E-state index in [1.165, 1.54) is 31.2 Å². The number of carboxylic acid groups (broad SMARTS) is 1. The summed E-state index contributed by atoms with van der Waals surface area (Å²) in [5.74, 6) is -12.4. The van der Waals surface area contributed by atoms with Gasteiger partial charge in [-0.25, -0.2) is 4.79 Å². The molecule has 7 rings (SSSR count). The quantitative estimate of drug-likeness (QED) is 0.0317. The normalized spacial score (nSPS) is 23.7. The van der Waals surface area contributed by atoms with E-state index < -0.39 is 157 Å². The van der Waals surface area contributed by atoms with Gasteiger partial charge in [0.1, 0.15) is 66.2 Å².